The maximum Gasteiger partial charge on any atom is 0.363 e. The highest BCUT2D eigenvalue weighted by Gasteiger charge is 2.24. The van der Waals surface area contributed by atoms with Crippen LogP contribution in [0.2, 0.25) is 0 Å². The molecule has 0 radical (unpaired) electrons. The maximum absolute atomic E-state index is 12.1. The number of hydrogen-bond donors (Lipinski definition) is 0. The van der Waals surface area contributed by atoms with Crippen molar-refractivity contribution in [3.8, 4) is 5.75 Å². The highest BCUT2D eigenvalue weighted by atomic mass is 79.9. The SMILES string of the molecule is O=C1OC(c2ccc([N+](=O)[O-])cc2)=N/C1=C\c1ccc(OCc2cccc(Br)c2)cc1. The van der Waals surface area contributed by atoms with Crippen LogP contribution in [0.15, 0.2) is 88.0 Å². The number of ether oxygens (including phenoxy) is 2. The van der Waals surface area contributed by atoms with Gasteiger partial charge in [0.1, 0.15) is 12.4 Å². The van der Waals surface area contributed by atoms with E-state index in [1.165, 1.54) is 24.3 Å². The quantitative estimate of drug-likeness (QED) is 0.208. The van der Waals surface area contributed by atoms with Crippen LogP contribution in [-0.4, -0.2) is 16.8 Å². The number of nitrogens with zero attached hydrogens (tertiary/aromatic N) is 2. The fraction of sp³-hybridized carbons (Fsp3) is 0.0435. The van der Waals surface area contributed by atoms with Gasteiger partial charge in [-0.25, -0.2) is 9.79 Å². The highest BCUT2D eigenvalue weighted by Crippen LogP contribution is 2.22. The number of non-ortho nitro benzene ring substituents is 1. The lowest BCUT2D eigenvalue weighted by Crippen LogP contribution is -2.05. The van der Waals surface area contributed by atoms with Crippen LogP contribution in [-0.2, 0) is 16.1 Å². The zero-order valence-electron chi connectivity index (χ0n) is 16.0. The Morgan fingerprint density at radius 2 is 1.81 bits per heavy atom. The molecule has 0 unspecified atom stereocenters. The van der Waals surface area contributed by atoms with Crippen molar-refractivity contribution in [1.82, 2.24) is 0 Å². The average molecular weight is 479 g/mol. The molecule has 0 aliphatic carbocycles. The first-order chi connectivity index (χ1) is 15.0. The summed E-state index contributed by atoms with van der Waals surface area (Å²) in [4.78, 5) is 26.6. The van der Waals surface area contributed by atoms with Crippen molar-refractivity contribution in [3.05, 3.63) is 110 Å². The predicted octanol–water partition coefficient (Wildman–Crippen LogP) is 5.28. The summed E-state index contributed by atoms with van der Waals surface area (Å²) in [6.45, 7) is 0.440. The van der Waals surface area contributed by atoms with Gasteiger partial charge in [-0.15, -0.1) is 0 Å². The number of nitro benzene ring substituents is 1. The zero-order chi connectivity index (χ0) is 21.8. The minimum atomic E-state index is -0.580. The third-order valence-electron chi connectivity index (χ3n) is 4.42. The van der Waals surface area contributed by atoms with Crippen LogP contribution in [0.5, 0.6) is 5.75 Å². The number of halogens is 1. The smallest absolute Gasteiger partial charge is 0.363 e. The number of benzene rings is 3. The first-order valence-electron chi connectivity index (χ1n) is 9.23. The number of nitro groups is 1. The molecule has 154 valence electrons. The molecule has 0 atom stereocenters. The van der Waals surface area contributed by atoms with Crippen molar-refractivity contribution in [1.29, 1.82) is 0 Å². The van der Waals surface area contributed by atoms with E-state index in [-0.39, 0.29) is 17.3 Å². The topological polar surface area (TPSA) is 91.0 Å². The van der Waals surface area contributed by atoms with Crippen LogP contribution < -0.4 is 4.74 Å². The number of hydrogen-bond acceptors (Lipinski definition) is 6. The van der Waals surface area contributed by atoms with Crippen molar-refractivity contribution in [2.24, 2.45) is 4.99 Å². The summed E-state index contributed by atoms with van der Waals surface area (Å²) < 4.78 is 12.0. The van der Waals surface area contributed by atoms with Gasteiger partial charge < -0.3 is 9.47 Å². The molecule has 3 aromatic rings. The van der Waals surface area contributed by atoms with Gasteiger partial charge in [-0.2, -0.15) is 0 Å². The summed E-state index contributed by atoms with van der Waals surface area (Å²) >= 11 is 3.43. The van der Waals surface area contributed by atoms with Crippen molar-refractivity contribution in [2.75, 3.05) is 0 Å². The molecule has 0 saturated heterocycles. The molecule has 31 heavy (non-hydrogen) atoms. The lowest BCUT2D eigenvalue weighted by Gasteiger charge is -2.07. The normalized spacial score (nSPS) is 14.3. The van der Waals surface area contributed by atoms with E-state index in [1.807, 2.05) is 48.5 Å². The van der Waals surface area contributed by atoms with Gasteiger partial charge in [0.25, 0.3) is 5.69 Å². The van der Waals surface area contributed by atoms with Crippen molar-refractivity contribution in [3.63, 3.8) is 0 Å². The molecule has 3 aromatic carbocycles. The molecule has 1 aliphatic heterocycles. The molecule has 0 aromatic heterocycles. The lowest BCUT2D eigenvalue weighted by atomic mass is 10.2. The van der Waals surface area contributed by atoms with Crippen LogP contribution >= 0.6 is 15.9 Å². The van der Waals surface area contributed by atoms with Crippen molar-refractivity contribution in [2.45, 2.75) is 6.61 Å². The third kappa shape index (κ3) is 5.04. The van der Waals surface area contributed by atoms with Gasteiger partial charge in [-0.3, -0.25) is 10.1 Å². The number of rotatable bonds is 6. The van der Waals surface area contributed by atoms with E-state index in [9.17, 15) is 14.9 Å². The van der Waals surface area contributed by atoms with E-state index in [0.29, 0.717) is 17.9 Å². The Bertz CT molecular complexity index is 1200. The van der Waals surface area contributed by atoms with E-state index in [0.717, 1.165) is 15.6 Å². The zero-order valence-corrected chi connectivity index (χ0v) is 17.6. The molecular formula is C23H15BrN2O5. The summed E-state index contributed by atoms with van der Waals surface area (Å²) in [5, 5.41) is 10.8. The van der Waals surface area contributed by atoms with Crippen LogP contribution in [0.25, 0.3) is 6.08 Å². The maximum atomic E-state index is 12.1. The van der Waals surface area contributed by atoms with Crippen molar-refractivity contribution < 1.29 is 19.2 Å². The number of carbonyl (C=O) groups is 1. The first kappa shape index (κ1) is 20.5. The standard InChI is InChI=1S/C23H15BrN2O5/c24-18-3-1-2-16(12-18)14-30-20-10-4-15(5-11-20)13-21-23(27)31-22(25-21)17-6-8-19(9-7-17)26(28)29/h1-13H,14H2/b21-13-. The molecule has 0 spiro atoms. The van der Waals surface area contributed by atoms with Gasteiger partial charge >= 0.3 is 5.97 Å². The summed E-state index contributed by atoms with van der Waals surface area (Å²) in [7, 11) is 0. The lowest BCUT2D eigenvalue weighted by molar-refractivity contribution is -0.384. The van der Waals surface area contributed by atoms with Crippen LogP contribution in [0.4, 0.5) is 5.69 Å². The van der Waals surface area contributed by atoms with E-state index < -0.39 is 10.9 Å². The monoisotopic (exact) mass is 478 g/mol. The fourth-order valence-corrected chi connectivity index (χ4v) is 3.32. The average Bonchev–Trinajstić information content (AvgIpc) is 3.13. The molecule has 8 heteroatoms. The summed E-state index contributed by atoms with van der Waals surface area (Å²) in [6.07, 6.45) is 1.61. The van der Waals surface area contributed by atoms with Gasteiger partial charge in [0, 0.05) is 22.2 Å². The molecule has 0 saturated carbocycles. The molecule has 0 amide bonds. The largest absolute Gasteiger partial charge is 0.489 e. The van der Waals surface area contributed by atoms with Gasteiger partial charge in [-0.05, 0) is 53.6 Å². The second-order valence-electron chi connectivity index (χ2n) is 6.63. The summed E-state index contributed by atoms with van der Waals surface area (Å²) in [5.41, 5.74) is 2.39. The van der Waals surface area contributed by atoms with Crippen LogP contribution in [0, 0.1) is 10.1 Å². The third-order valence-corrected chi connectivity index (χ3v) is 4.92. The Labute approximate surface area is 185 Å². The Kier molecular flexibility index (Phi) is 5.90. The van der Waals surface area contributed by atoms with Gasteiger partial charge in [0.15, 0.2) is 5.70 Å². The molecule has 0 fully saturated rings. The van der Waals surface area contributed by atoms with E-state index in [4.69, 9.17) is 9.47 Å². The number of aliphatic imine (C=N–C) groups is 1. The molecule has 4 rings (SSSR count). The predicted molar refractivity (Wildman–Crippen MR) is 119 cm³/mol. The second-order valence-corrected chi connectivity index (χ2v) is 7.54. The van der Waals surface area contributed by atoms with Crippen molar-refractivity contribution >= 4 is 39.6 Å². The minimum Gasteiger partial charge on any atom is -0.489 e. The Morgan fingerprint density at radius 1 is 1.06 bits per heavy atom. The van der Waals surface area contributed by atoms with E-state index in [1.54, 1.807) is 6.08 Å². The van der Waals surface area contributed by atoms with E-state index >= 15 is 0 Å². The van der Waals surface area contributed by atoms with Crippen LogP contribution in [0.1, 0.15) is 16.7 Å². The van der Waals surface area contributed by atoms with E-state index in [2.05, 4.69) is 20.9 Å². The Morgan fingerprint density at radius 3 is 2.48 bits per heavy atom. The highest BCUT2D eigenvalue weighted by molar-refractivity contribution is 9.10. The molecular weight excluding hydrogens is 464 g/mol. The summed E-state index contributed by atoms with van der Waals surface area (Å²) in [6, 6.07) is 20.8. The van der Waals surface area contributed by atoms with Gasteiger partial charge in [0.2, 0.25) is 5.90 Å². The molecule has 1 aliphatic rings. The molecule has 7 nitrogen and oxygen atoms in total. The fourth-order valence-electron chi connectivity index (χ4n) is 2.87. The first-order valence-corrected chi connectivity index (χ1v) is 10.0. The molecule has 0 bridgehead atoms. The van der Waals surface area contributed by atoms with Gasteiger partial charge in [-0.1, -0.05) is 40.2 Å². The van der Waals surface area contributed by atoms with Gasteiger partial charge in [0.05, 0.1) is 4.92 Å². The second kappa shape index (κ2) is 8.93. The minimum absolute atomic E-state index is 0.0494. The van der Waals surface area contributed by atoms with Crippen LogP contribution in [0.3, 0.4) is 0 Å². The Balaban J connectivity index is 1.45. The number of cyclic esters (lactones) is 1. The number of esters is 1. The number of carbonyl (C=O) groups excluding carboxylic acids is 1. The Hall–Kier alpha value is -3.78. The molecule has 1 heterocycles. The summed E-state index contributed by atoms with van der Waals surface area (Å²) in [5.74, 6) is 0.231. The molecule has 0 N–H and O–H groups in total.